The lowest BCUT2D eigenvalue weighted by Gasteiger charge is -2.30. The molecule has 1 aromatic carbocycles. The van der Waals surface area contributed by atoms with E-state index in [4.69, 9.17) is 4.99 Å². The molecule has 0 bridgehead atoms. The van der Waals surface area contributed by atoms with Gasteiger partial charge in [-0.3, -0.25) is 9.58 Å². The molecule has 2 aromatic rings. The Balaban J connectivity index is 1.52. The van der Waals surface area contributed by atoms with Crippen molar-refractivity contribution in [3.63, 3.8) is 0 Å². The summed E-state index contributed by atoms with van der Waals surface area (Å²) in [5, 5.41) is 10.7. The summed E-state index contributed by atoms with van der Waals surface area (Å²) in [5.74, 6) is 2.49. The van der Waals surface area contributed by atoms with Crippen molar-refractivity contribution in [2.24, 2.45) is 18.0 Å². The lowest BCUT2D eigenvalue weighted by molar-refractivity contribution is 0.176. The highest BCUT2D eigenvalue weighted by molar-refractivity contribution is 5.79. The molecule has 3 rings (SSSR count). The van der Waals surface area contributed by atoms with Gasteiger partial charge >= 0.3 is 0 Å². The fourth-order valence-electron chi connectivity index (χ4n) is 3.59. The summed E-state index contributed by atoms with van der Waals surface area (Å²) in [7, 11) is 1.89. The maximum atomic E-state index is 4.69. The Morgan fingerprint density at radius 1 is 1.21 bits per heavy atom. The average molecular weight is 384 g/mol. The highest BCUT2D eigenvalue weighted by atomic mass is 15.3. The molecular weight excluding hydrogens is 350 g/mol. The molecule has 1 aliphatic rings. The first-order valence-corrected chi connectivity index (χ1v) is 10.3. The van der Waals surface area contributed by atoms with E-state index in [1.54, 1.807) is 11.0 Å². The first-order chi connectivity index (χ1) is 13.6. The van der Waals surface area contributed by atoms with E-state index in [0.29, 0.717) is 13.1 Å². The third kappa shape index (κ3) is 6.05. The Morgan fingerprint density at radius 2 is 2.00 bits per heavy atom. The molecule has 1 unspecified atom stereocenters. The van der Waals surface area contributed by atoms with Gasteiger partial charge in [0.05, 0.1) is 13.1 Å². The maximum absolute atomic E-state index is 4.69. The molecule has 1 atom stereocenters. The standard InChI is InChI=1S/C21H33N7/c1-4-22-21(24-13-20-25-16-26-27(20)3)23-12-18-7-9-19(10-8-18)15-28-11-5-6-17(2)14-28/h7-10,16-17H,4-6,11-15H2,1-3H3,(H2,22,23,24). The lowest BCUT2D eigenvalue weighted by Crippen LogP contribution is -2.37. The van der Waals surface area contributed by atoms with Crippen molar-refractivity contribution in [3.8, 4) is 0 Å². The zero-order valence-electron chi connectivity index (χ0n) is 17.4. The summed E-state index contributed by atoms with van der Waals surface area (Å²) in [5.41, 5.74) is 2.60. The number of aryl methyl sites for hydroxylation is 1. The summed E-state index contributed by atoms with van der Waals surface area (Å²) in [6, 6.07) is 8.87. The highest BCUT2D eigenvalue weighted by Gasteiger charge is 2.16. The predicted octanol–water partition coefficient (Wildman–Crippen LogP) is 2.30. The largest absolute Gasteiger partial charge is 0.357 e. The summed E-state index contributed by atoms with van der Waals surface area (Å²) < 4.78 is 1.76. The second kappa shape index (κ2) is 10.2. The third-order valence-corrected chi connectivity index (χ3v) is 5.15. The SMILES string of the molecule is CCNC(=NCc1ccc(CN2CCCC(C)C2)cc1)NCc1ncnn1C. The van der Waals surface area contributed by atoms with E-state index in [0.717, 1.165) is 30.8 Å². The zero-order chi connectivity index (χ0) is 19.8. The van der Waals surface area contributed by atoms with Gasteiger partial charge in [0.25, 0.3) is 0 Å². The minimum Gasteiger partial charge on any atom is -0.357 e. The van der Waals surface area contributed by atoms with E-state index in [-0.39, 0.29) is 0 Å². The van der Waals surface area contributed by atoms with Crippen molar-refractivity contribution in [1.82, 2.24) is 30.3 Å². The zero-order valence-corrected chi connectivity index (χ0v) is 17.4. The minimum absolute atomic E-state index is 0.593. The molecular formula is C21H33N7. The molecule has 0 radical (unpaired) electrons. The number of hydrogen-bond donors (Lipinski definition) is 2. The first kappa shape index (κ1) is 20.3. The van der Waals surface area contributed by atoms with Gasteiger partial charge in [-0.15, -0.1) is 0 Å². The molecule has 28 heavy (non-hydrogen) atoms. The van der Waals surface area contributed by atoms with Gasteiger partial charge in [0.2, 0.25) is 0 Å². The van der Waals surface area contributed by atoms with Crippen LogP contribution in [-0.2, 0) is 26.7 Å². The van der Waals surface area contributed by atoms with Crippen LogP contribution in [0.4, 0.5) is 0 Å². The van der Waals surface area contributed by atoms with Crippen molar-refractivity contribution in [2.45, 2.75) is 46.3 Å². The molecule has 152 valence electrons. The van der Waals surface area contributed by atoms with Gasteiger partial charge < -0.3 is 10.6 Å². The van der Waals surface area contributed by atoms with E-state index in [9.17, 15) is 0 Å². The Bertz CT molecular complexity index is 750. The van der Waals surface area contributed by atoms with Crippen LogP contribution in [0.5, 0.6) is 0 Å². The molecule has 0 saturated carbocycles. The van der Waals surface area contributed by atoms with E-state index < -0.39 is 0 Å². The number of benzene rings is 1. The normalized spacial score (nSPS) is 18.2. The van der Waals surface area contributed by atoms with Crippen LogP contribution >= 0.6 is 0 Å². The molecule has 7 heteroatoms. The van der Waals surface area contributed by atoms with Crippen molar-refractivity contribution in [2.75, 3.05) is 19.6 Å². The maximum Gasteiger partial charge on any atom is 0.191 e. The topological polar surface area (TPSA) is 70.4 Å². The summed E-state index contributed by atoms with van der Waals surface area (Å²) >= 11 is 0. The van der Waals surface area contributed by atoms with Crippen LogP contribution in [0.2, 0.25) is 0 Å². The molecule has 0 aliphatic carbocycles. The first-order valence-electron chi connectivity index (χ1n) is 10.3. The van der Waals surface area contributed by atoms with Gasteiger partial charge in [0, 0.05) is 26.7 Å². The van der Waals surface area contributed by atoms with Crippen molar-refractivity contribution >= 4 is 5.96 Å². The average Bonchev–Trinajstić information content (AvgIpc) is 3.10. The number of piperidine rings is 1. The monoisotopic (exact) mass is 383 g/mol. The lowest BCUT2D eigenvalue weighted by atomic mass is 9.99. The molecule has 1 aliphatic heterocycles. The summed E-state index contributed by atoms with van der Waals surface area (Å²) in [6.45, 7) is 9.97. The van der Waals surface area contributed by atoms with Gasteiger partial charge in [-0.25, -0.2) is 9.98 Å². The molecule has 1 saturated heterocycles. The van der Waals surface area contributed by atoms with Crippen LogP contribution < -0.4 is 10.6 Å². The molecule has 2 N–H and O–H groups in total. The third-order valence-electron chi connectivity index (χ3n) is 5.15. The van der Waals surface area contributed by atoms with E-state index >= 15 is 0 Å². The number of nitrogens with zero attached hydrogens (tertiary/aromatic N) is 5. The van der Waals surface area contributed by atoms with Crippen molar-refractivity contribution < 1.29 is 0 Å². The van der Waals surface area contributed by atoms with Crippen LogP contribution in [0.3, 0.4) is 0 Å². The highest BCUT2D eigenvalue weighted by Crippen LogP contribution is 2.18. The molecule has 0 spiro atoms. The quantitative estimate of drug-likeness (QED) is 0.567. The Labute approximate surface area is 168 Å². The fraction of sp³-hybridized carbons (Fsp3) is 0.571. The second-order valence-corrected chi connectivity index (χ2v) is 7.65. The number of aliphatic imine (C=N–C) groups is 1. The fourth-order valence-corrected chi connectivity index (χ4v) is 3.59. The smallest absolute Gasteiger partial charge is 0.191 e. The number of guanidine groups is 1. The second-order valence-electron chi connectivity index (χ2n) is 7.65. The van der Waals surface area contributed by atoms with Gasteiger partial charge in [0.15, 0.2) is 5.96 Å². The number of hydrogen-bond acceptors (Lipinski definition) is 4. The van der Waals surface area contributed by atoms with Gasteiger partial charge in [0.1, 0.15) is 12.2 Å². The van der Waals surface area contributed by atoms with Crippen LogP contribution in [0.25, 0.3) is 0 Å². The van der Waals surface area contributed by atoms with Crippen LogP contribution in [0.1, 0.15) is 43.6 Å². The van der Waals surface area contributed by atoms with Crippen molar-refractivity contribution in [1.29, 1.82) is 0 Å². The Morgan fingerprint density at radius 3 is 2.68 bits per heavy atom. The van der Waals surface area contributed by atoms with E-state index in [2.05, 4.69) is 63.7 Å². The van der Waals surface area contributed by atoms with Crippen LogP contribution in [-0.4, -0.2) is 45.3 Å². The number of likely N-dealkylation sites (tertiary alicyclic amines) is 1. The van der Waals surface area contributed by atoms with Crippen LogP contribution in [0, 0.1) is 5.92 Å². The van der Waals surface area contributed by atoms with Gasteiger partial charge in [-0.05, 0) is 43.4 Å². The predicted molar refractivity (Wildman–Crippen MR) is 113 cm³/mol. The molecule has 1 fully saturated rings. The summed E-state index contributed by atoms with van der Waals surface area (Å²) in [6.07, 6.45) is 4.25. The Kier molecular flexibility index (Phi) is 7.42. The van der Waals surface area contributed by atoms with E-state index in [1.165, 1.54) is 37.1 Å². The number of rotatable bonds is 7. The molecule has 1 aromatic heterocycles. The van der Waals surface area contributed by atoms with Gasteiger partial charge in [-0.1, -0.05) is 31.2 Å². The van der Waals surface area contributed by atoms with Crippen LogP contribution in [0.15, 0.2) is 35.6 Å². The number of aromatic nitrogens is 3. The Hall–Kier alpha value is -2.41. The molecule has 7 nitrogen and oxygen atoms in total. The van der Waals surface area contributed by atoms with Crippen molar-refractivity contribution in [3.05, 3.63) is 47.5 Å². The molecule has 2 heterocycles. The minimum atomic E-state index is 0.593. The molecule has 0 amide bonds. The van der Waals surface area contributed by atoms with Gasteiger partial charge in [-0.2, -0.15) is 5.10 Å². The number of nitrogens with one attached hydrogen (secondary N) is 2. The summed E-state index contributed by atoms with van der Waals surface area (Å²) in [4.78, 5) is 11.5. The van der Waals surface area contributed by atoms with E-state index in [1.807, 2.05) is 7.05 Å².